The number of esters is 1. The van der Waals surface area contributed by atoms with Crippen LogP contribution in [0.4, 0.5) is 0 Å². The van der Waals surface area contributed by atoms with E-state index < -0.39 is 12.0 Å². The fraction of sp³-hybridized carbons (Fsp3) is 0.462. The van der Waals surface area contributed by atoms with E-state index >= 15 is 0 Å². The molecular weight excluding hydrogens is 232 g/mol. The van der Waals surface area contributed by atoms with Crippen molar-refractivity contribution in [2.75, 3.05) is 7.11 Å². The highest BCUT2D eigenvalue weighted by molar-refractivity contribution is 6.01. The van der Waals surface area contributed by atoms with E-state index in [-0.39, 0.29) is 17.6 Å². The normalized spacial score (nSPS) is 21.7. The van der Waals surface area contributed by atoms with Gasteiger partial charge in [0.05, 0.1) is 7.11 Å². The molecule has 1 fully saturated rings. The minimum absolute atomic E-state index is 0.231. The molecule has 1 aliphatic heterocycles. The third-order valence-corrected chi connectivity index (χ3v) is 2.83. The first-order chi connectivity index (χ1) is 8.49. The Kier molecular flexibility index (Phi) is 4.27. The van der Waals surface area contributed by atoms with Crippen molar-refractivity contribution in [2.24, 2.45) is 0 Å². The third-order valence-electron chi connectivity index (χ3n) is 2.83. The van der Waals surface area contributed by atoms with Crippen LogP contribution in [0.1, 0.15) is 20.3 Å². The van der Waals surface area contributed by atoms with Crippen molar-refractivity contribution in [3.8, 4) is 0 Å². The molecule has 0 aliphatic carbocycles. The number of carbonyl (C=O) groups excluding carboxylic acids is 2. The van der Waals surface area contributed by atoms with E-state index in [0.717, 1.165) is 0 Å². The minimum Gasteiger partial charge on any atom is -0.464 e. The molecule has 1 saturated heterocycles. The Morgan fingerprint density at radius 2 is 2.22 bits per heavy atom. The first kappa shape index (κ1) is 14.0. The number of nitrogens with zero attached hydrogens (tertiary/aromatic N) is 2. The van der Waals surface area contributed by atoms with Crippen molar-refractivity contribution in [1.29, 1.82) is 0 Å². The van der Waals surface area contributed by atoms with Gasteiger partial charge in [-0.3, -0.25) is 9.69 Å². The summed E-state index contributed by atoms with van der Waals surface area (Å²) in [7, 11) is 1.27. The summed E-state index contributed by atoms with van der Waals surface area (Å²) in [5.41, 5.74) is 0.918. The van der Waals surface area contributed by atoms with E-state index in [2.05, 4.69) is 16.2 Å². The number of hydrogen-bond donors (Lipinski definition) is 0. The molecule has 1 aliphatic rings. The Morgan fingerprint density at radius 1 is 1.61 bits per heavy atom. The molecule has 1 amide bonds. The Morgan fingerprint density at radius 3 is 2.61 bits per heavy atom. The lowest BCUT2D eigenvalue weighted by atomic mass is 9.91. The van der Waals surface area contributed by atoms with Gasteiger partial charge in [0, 0.05) is 0 Å². The molecule has 5 nitrogen and oxygen atoms in total. The monoisotopic (exact) mass is 248 g/mol. The van der Waals surface area contributed by atoms with Crippen LogP contribution in [0.25, 0.3) is 4.85 Å². The number of ether oxygens (including phenoxy) is 1. The molecule has 0 radical (unpaired) electrons. The molecular formula is C13H16N2O3. The number of likely N-dealkylation sites (tertiary alicyclic amines) is 1. The Hall–Kier alpha value is -2.09. The summed E-state index contributed by atoms with van der Waals surface area (Å²) in [6.07, 6.45) is 2.12. The molecule has 0 N–H and O–H groups in total. The fourth-order valence-corrected chi connectivity index (χ4v) is 1.99. The van der Waals surface area contributed by atoms with Crippen LogP contribution < -0.4 is 0 Å². The maximum Gasteiger partial charge on any atom is 0.354 e. The summed E-state index contributed by atoms with van der Waals surface area (Å²) in [4.78, 5) is 28.2. The van der Waals surface area contributed by atoms with Gasteiger partial charge in [0.1, 0.15) is 11.7 Å². The lowest BCUT2D eigenvalue weighted by molar-refractivity contribution is -0.151. The quantitative estimate of drug-likeness (QED) is 0.249. The molecule has 1 heterocycles. The zero-order valence-corrected chi connectivity index (χ0v) is 10.8. The first-order valence-corrected chi connectivity index (χ1v) is 5.55. The van der Waals surface area contributed by atoms with Crippen LogP contribution in [0.15, 0.2) is 23.9 Å². The highest BCUT2D eigenvalue weighted by atomic mass is 16.5. The van der Waals surface area contributed by atoms with E-state index in [0.29, 0.717) is 12.0 Å². The number of rotatable bonds is 4. The molecule has 96 valence electrons. The number of β-lactam (4-membered cyclic amide) rings is 1. The maximum atomic E-state index is 11.9. The third kappa shape index (κ3) is 2.14. The number of methoxy groups -OCH3 is 1. The summed E-state index contributed by atoms with van der Waals surface area (Å²) in [6.45, 7) is 14.1. The van der Waals surface area contributed by atoms with Crippen molar-refractivity contribution in [1.82, 2.24) is 4.90 Å². The number of amides is 1. The topological polar surface area (TPSA) is 51.0 Å². The smallest absolute Gasteiger partial charge is 0.354 e. The summed E-state index contributed by atoms with van der Waals surface area (Å²) in [5, 5.41) is 0. The van der Waals surface area contributed by atoms with Gasteiger partial charge < -0.3 is 9.58 Å². The highest BCUT2D eigenvalue weighted by Gasteiger charge is 2.55. The van der Waals surface area contributed by atoms with Gasteiger partial charge in [0.25, 0.3) is 0 Å². The molecule has 0 spiro atoms. The Labute approximate surface area is 107 Å². The molecule has 0 saturated carbocycles. The summed E-state index contributed by atoms with van der Waals surface area (Å²) in [5.74, 6) is -0.903. The lowest BCUT2D eigenvalue weighted by Crippen LogP contribution is -2.63. The average molecular weight is 248 g/mol. The predicted octanol–water partition coefficient (Wildman–Crippen LogP) is 1.53. The standard InChI is InChI=1S/C13H16N2O3/c1-6-7-9-10(14-4)12(16)15(9)11(8(2)3)13(17)18-5/h6,9-10H,1,7H2,2-3,5H3/t9-,10-/m1/s1. The van der Waals surface area contributed by atoms with Crippen LogP contribution >= 0.6 is 0 Å². The van der Waals surface area contributed by atoms with E-state index in [4.69, 9.17) is 6.57 Å². The van der Waals surface area contributed by atoms with Crippen LogP contribution in [0.5, 0.6) is 0 Å². The van der Waals surface area contributed by atoms with Gasteiger partial charge in [0.2, 0.25) is 0 Å². The highest BCUT2D eigenvalue weighted by Crippen LogP contribution is 2.32. The van der Waals surface area contributed by atoms with Gasteiger partial charge in [0.15, 0.2) is 0 Å². The summed E-state index contributed by atoms with van der Waals surface area (Å²) >= 11 is 0. The molecule has 5 heteroatoms. The van der Waals surface area contributed by atoms with Crippen LogP contribution in [0, 0.1) is 6.57 Å². The zero-order chi connectivity index (χ0) is 13.9. The first-order valence-electron chi connectivity index (χ1n) is 5.55. The Balaban J connectivity index is 3.11. The van der Waals surface area contributed by atoms with Crippen molar-refractivity contribution in [3.63, 3.8) is 0 Å². The zero-order valence-electron chi connectivity index (χ0n) is 10.8. The summed E-state index contributed by atoms with van der Waals surface area (Å²) < 4.78 is 4.68. The van der Waals surface area contributed by atoms with Gasteiger partial charge in [-0.25, -0.2) is 11.4 Å². The predicted molar refractivity (Wildman–Crippen MR) is 66.2 cm³/mol. The van der Waals surface area contributed by atoms with Gasteiger partial charge in [-0.1, -0.05) is 6.08 Å². The minimum atomic E-state index is -0.720. The Bertz CT molecular complexity index is 455. The fourth-order valence-electron chi connectivity index (χ4n) is 1.99. The molecule has 0 bridgehead atoms. The van der Waals surface area contributed by atoms with Gasteiger partial charge in [-0.15, -0.1) is 6.58 Å². The van der Waals surface area contributed by atoms with E-state index in [1.54, 1.807) is 19.9 Å². The van der Waals surface area contributed by atoms with Gasteiger partial charge >= 0.3 is 17.9 Å². The van der Waals surface area contributed by atoms with Crippen LogP contribution in [-0.4, -0.2) is 36.0 Å². The summed E-state index contributed by atoms with van der Waals surface area (Å²) in [6, 6.07) is -1.04. The number of hydrogen-bond acceptors (Lipinski definition) is 3. The molecule has 0 aromatic carbocycles. The molecule has 2 atom stereocenters. The van der Waals surface area contributed by atoms with Gasteiger partial charge in [-0.05, 0) is 25.8 Å². The van der Waals surface area contributed by atoms with E-state index in [1.807, 2.05) is 0 Å². The van der Waals surface area contributed by atoms with E-state index in [9.17, 15) is 9.59 Å². The second-order valence-electron chi connectivity index (χ2n) is 4.21. The molecule has 0 aromatic rings. The molecule has 18 heavy (non-hydrogen) atoms. The largest absolute Gasteiger partial charge is 0.464 e. The van der Waals surface area contributed by atoms with Gasteiger partial charge in [-0.2, -0.15) is 0 Å². The van der Waals surface area contributed by atoms with Crippen molar-refractivity contribution >= 4 is 11.9 Å². The van der Waals surface area contributed by atoms with Crippen molar-refractivity contribution in [3.05, 3.63) is 35.3 Å². The second-order valence-corrected chi connectivity index (χ2v) is 4.21. The van der Waals surface area contributed by atoms with E-state index in [1.165, 1.54) is 12.0 Å². The molecule has 0 aromatic heterocycles. The van der Waals surface area contributed by atoms with Crippen molar-refractivity contribution < 1.29 is 14.3 Å². The molecule has 1 rings (SSSR count). The van der Waals surface area contributed by atoms with Crippen molar-refractivity contribution in [2.45, 2.75) is 32.4 Å². The maximum absolute atomic E-state index is 11.9. The lowest BCUT2D eigenvalue weighted by Gasteiger charge is -2.40. The molecule has 0 unspecified atom stereocenters. The second kappa shape index (κ2) is 5.50. The van der Waals surface area contributed by atoms with Crippen LogP contribution in [-0.2, 0) is 14.3 Å². The SMILES string of the molecule is [C-]#[N+][C@H]1C(=O)N(C(C(=O)OC)=C(C)C)[C@@H]1CC=C. The number of allylic oxidation sites excluding steroid dienone is 1. The number of carbonyl (C=O) groups is 2. The van der Waals surface area contributed by atoms with Crippen LogP contribution in [0.2, 0.25) is 0 Å². The average Bonchev–Trinajstić information content (AvgIpc) is 2.34. The van der Waals surface area contributed by atoms with Crippen LogP contribution in [0.3, 0.4) is 0 Å².